The zero-order valence-electron chi connectivity index (χ0n) is 20.7. The Morgan fingerprint density at radius 2 is 2.19 bits per heavy atom. The van der Waals surface area contributed by atoms with E-state index in [0.29, 0.717) is 43.9 Å². The summed E-state index contributed by atoms with van der Waals surface area (Å²) in [6.45, 7) is 3.46. The van der Waals surface area contributed by atoms with Crippen molar-refractivity contribution in [3.8, 4) is 23.3 Å². The van der Waals surface area contributed by atoms with Crippen LogP contribution in [-0.4, -0.2) is 71.8 Å². The molecule has 3 aromatic heterocycles. The maximum Gasteiger partial charge on any atom is 0.319 e. The van der Waals surface area contributed by atoms with Crippen molar-refractivity contribution in [2.45, 2.75) is 31.3 Å². The minimum atomic E-state index is -0.478. The van der Waals surface area contributed by atoms with Gasteiger partial charge in [0.15, 0.2) is 5.82 Å². The SMILES string of the molecule is CN1CCC[C@H]1COc1nc(N2CCN[C@@H](CC#N)C2)c2cnc(-c3cccc4ccsc34)c(F)c2n1. The number of anilines is 1. The van der Waals surface area contributed by atoms with Crippen LogP contribution in [0.15, 0.2) is 35.8 Å². The summed E-state index contributed by atoms with van der Waals surface area (Å²) in [5, 5.41) is 16.2. The fourth-order valence-electron chi connectivity index (χ4n) is 5.32. The Kier molecular flexibility index (Phi) is 6.59. The van der Waals surface area contributed by atoms with Gasteiger partial charge in [-0.1, -0.05) is 18.2 Å². The molecule has 0 bridgehead atoms. The number of fused-ring (bicyclic) bond motifs is 2. The second-order valence-electron chi connectivity index (χ2n) is 9.70. The first-order valence-electron chi connectivity index (χ1n) is 12.6. The largest absolute Gasteiger partial charge is 0.462 e. The summed E-state index contributed by atoms with van der Waals surface area (Å²) < 4.78 is 23.3. The van der Waals surface area contributed by atoms with Crippen molar-refractivity contribution in [2.75, 3.05) is 44.7 Å². The van der Waals surface area contributed by atoms with Gasteiger partial charge in [0.25, 0.3) is 0 Å². The molecule has 190 valence electrons. The van der Waals surface area contributed by atoms with E-state index in [9.17, 15) is 5.26 Å². The molecule has 0 saturated carbocycles. The molecule has 10 heteroatoms. The molecular formula is C27H28FN7OS. The van der Waals surface area contributed by atoms with Crippen molar-refractivity contribution in [2.24, 2.45) is 0 Å². The van der Waals surface area contributed by atoms with E-state index in [1.807, 2.05) is 29.6 Å². The quantitative estimate of drug-likeness (QED) is 0.407. The number of benzene rings is 1. The molecule has 0 aliphatic carbocycles. The van der Waals surface area contributed by atoms with Crippen LogP contribution in [0.4, 0.5) is 10.2 Å². The van der Waals surface area contributed by atoms with Gasteiger partial charge < -0.3 is 19.9 Å². The van der Waals surface area contributed by atoms with Gasteiger partial charge in [0.05, 0.1) is 17.9 Å². The molecule has 0 radical (unpaired) electrons. The predicted molar refractivity (Wildman–Crippen MR) is 143 cm³/mol. The van der Waals surface area contributed by atoms with E-state index < -0.39 is 5.82 Å². The van der Waals surface area contributed by atoms with E-state index in [0.717, 1.165) is 35.0 Å². The lowest BCUT2D eigenvalue weighted by Crippen LogP contribution is -2.51. The first-order chi connectivity index (χ1) is 18.1. The van der Waals surface area contributed by atoms with Gasteiger partial charge in [0.2, 0.25) is 0 Å². The highest BCUT2D eigenvalue weighted by molar-refractivity contribution is 7.17. The van der Waals surface area contributed by atoms with Crippen molar-refractivity contribution >= 4 is 38.1 Å². The summed E-state index contributed by atoms with van der Waals surface area (Å²) in [5.74, 6) is 0.116. The molecule has 2 atom stereocenters. The number of likely N-dealkylation sites (tertiary alicyclic amines) is 1. The summed E-state index contributed by atoms with van der Waals surface area (Å²) in [6.07, 6.45) is 4.25. The van der Waals surface area contributed by atoms with E-state index in [2.05, 4.69) is 38.2 Å². The molecule has 2 saturated heterocycles. The Bertz CT molecular complexity index is 1490. The second-order valence-corrected chi connectivity index (χ2v) is 10.6. The standard InChI is InChI=1S/C27H28FN7OS/c1-34-11-3-5-19(34)16-36-27-32-24-21(26(33-27)35-12-10-30-18(15-35)7-9-29)14-31-23(22(24)28)20-6-2-4-17-8-13-37-25(17)20/h2,4,6,8,13-14,18-19,30H,3,5,7,10-12,15-16H2,1H3/t18-,19-/m0/s1. The number of hydrogen-bond acceptors (Lipinski definition) is 9. The Morgan fingerprint density at radius 3 is 3.03 bits per heavy atom. The minimum Gasteiger partial charge on any atom is -0.462 e. The Labute approximate surface area is 218 Å². The number of thiophene rings is 1. The van der Waals surface area contributed by atoms with Crippen LogP contribution < -0.4 is 15.0 Å². The molecule has 2 fully saturated rings. The number of nitrogens with one attached hydrogen (secondary N) is 1. The van der Waals surface area contributed by atoms with Gasteiger partial charge >= 0.3 is 6.01 Å². The van der Waals surface area contributed by atoms with E-state index in [1.54, 1.807) is 17.5 Å². The van der Waals surface area contributed by atoms with Crippen molar-refractivity contribution in [1.29, 1.82) is 5.26 Å². The van der Waals surface area contributed by atoms with Gasteiger partial charge in [-0.25, -0.2) is 4.39 Å². The molecule has 2 aliphatic rings. The van der Waals surface area contributed by atoms with Crippen LogP contribution in [-0.2, 0) is 0 Å². The lowest BCUT2D eigenvalue weighted by molar-refractivity contribution is 0.188. The lowest BCUT2D eigenvalue weighted by atomic mass is 10.1. The average Bonchev–Trinajstić information content (AvgIpc) is 3.56. The molecule has 4 aromatic rings. The third kappa shape index (κ3) is 4.59. The number of nitrogens with zero attached hydrogens (tertiary/aromatic N) is 6. The Hall–Kier alpha value is -3.39. The normalized spacial score (nSPS) is 20.5. The number of halogens is 1. The summed E-state index contributed by atoms with van der Waals surface area (Å²) in [6, 6.07) is 10.6. The van der Waals surface area contributed by atoms with E-state index in [1.165, 1.54) is 0 Å². The highest BCUT2D eigenvalue weighted by Gasteiger charge is 2.27. The van der Waals surface area contributed by atoms with Crippen molar-refractivity contribution < 1.29 is 9.13 Å². The van der Waals surface area contributed by atoms with Crippen molar-refractivity contribution in [3.05, 3.63) is 41.7 Å². The van der Waals surface area contributed by atoms with Gasteiger partial charge in [-0.15, -0.1) is 11.3 Å². The Balaban J connectivity index is 1.44. The molecule has 6 rings (SSSR count). The first-order valence-corrected chi connectivity index (χ1v) is 13.5. The Morgan fingerprint density at radius 1 is 1.27 bits per heavy atom. The number of rotatable bonds is 6. The van der Waals surface area contributed by atoms with E-state index in [4.69, 9.17) is 9.72 Å². The van der Waals surface area contributed by atoms with Gasteiger partial charge in [0.1, 0.15) is 23.6 Å². The monoisotopic (exact) mass is 517 g/mol. The maximum atomic E-state index is 16.2. The van der Waals surface area contributed by atoms with Gasteiger partial charge in [-0.2, -0.15) is 15.2 Å². The topological polar surface area (TPSA) is 90.2 Å². The van der Waals surface area contributed by atoms with Crippen LogP contribution in [0.25, 0.3) is 32.2 Å². The third-order valence-electron chi connectivity index (χ3n) is 7.35. The molecule has 0 spiro atoms. The molecule has 0 unspecified atom stereocenters. The van der Waals surface area contributed by atoms with Crippen molar-refractivity contribution in [1.82, 2.24) is 25.2 Å². The fourth-order valence-corrected chi connectivity index (χ4v) is 6.23. The van der Waals surface area contributed by atoms with Gasteiger partial charge in [0, 0.05) is 48.2 Å². The molecule has 1 N–H and O–H groups in total. The van der Waals surface area contributed by atoms with Crippen LogP contribution >= 0.6 is 11.3 Å². The molecule has 2 aliphatic heterocycles. The number of ether oxygens (including phenoxy) is 1. The van der Waals surface area contributed by atoms with Crippen LogP contribution in [0.3, 0.4) is 0 Å². The summed E-state index contributed by atoms with van der Waals surface area (Å²) in [4.78, 5) is 18.2. The fraction of sp³-hybridized carbons (Fsp3) is 0.407. The minimum absolute atomic E-state index is 0.00813. The maximum absolute atomic E-state index is 16.2. The zero-order valence-corrected chi connectivity index (χ0v) is 21.5. The average molecular weight is 518 g/mol. The van der Waals surface area contributed by atoms with Gasteiger partial charge in [-0.05, 0) is 43.3 Å². The number of hydrogen-bond donors (Lipinski definition) is 1. The summed E-state index contributed by atoms with van der Waals surface area (Å²) in [5.41, 5.74) is 1.22. The molecule has 0 amide bonds. The zero-order chi connectivity index (χ0) is 25.4. The third-order valence-corrected chi connectivity index (χ3v) is 8.31. The number of pyridine rings is 1. The van der Waals surface area contributed by atoms with Crippen molar-refractivity contribution in [3.63, 3.8) is 0 Å². The van der Waals surface area contributed by atoms with Crippen LogP contribution in [0.1, 0.15) is 19.3 Å². The molecule has 5 heterocycles. The number of nitriles is 1. The molecule has 37 heavy (non-hydrogen) atoms. The van der Waals surface area contributed by atoms with Crippen LogP contribution in [0.2, 0.25) is 0 Å². The lowest BCUT2D eigenvalue weighted by Gasteiger charge is -2.34. The molecular weight excluding hydrogens is 489 g/mol. The van der Waals surface area contributed by atoms with Crippen LogP contribution in [0, 0.1) is 17.1 Å². The molecule has 1 aromatic carbocycles. The summed E-state index contributed by atoms with van der Waals surface area (Å²) >= 11 is 1.57. The second kappa shape index (κ2) is 10.2. The highest BCUT2D eigenvalue weighted by Crippen LogP contribution is 2.36. The van der Waals surface area contributed by atoms with Crippen LogP contribution in [0.5, 0.6) is 6.01 Å². The first kappa shape index (κ1) is 24.0. The van der Waals surface area contributed by atoms with E-state index in [-0.39, 0.29) is 29.3 Å². The highest BCUT2D eigenvalue weighted by atomic mass is 32.1. The number of likely N-dealkylation sites (N-methyl/N-ethyl adjacent to an activating group) is 1. The smallest absolute Gasteiger partial charge is 0.319 e. The van der Waals surface area contributed by atoms with E-state index >= 15 is 4.39 Å². The molecule has 8 nitrogen and oxygen atoms in total. The summed E-state index contributed by atoms with van der Waals surface area (Å²) in [7, 11) is 2.09. The number of aromatic nitrogens is 3. The van der Waals surface area contributed by atoms with Gasteiger partial charge in [-0.3, -0.25) is 4.98 Å². The predicted octanol–water partition coefficient (Wildman–Crippen LogP) is 4.21. The number of piperazine rings is 1.